The second-order valence-electron chi connectivity index (χ2n) is 4.52. The molecule has 0 bridgehead atoms. The van der Waals surface area contributed by atoms with Crippen LogP contribution in [0.2, 0.25) is 0 Å². The highest BCUT2D eigenvalue weighted by atomic mass is 15.5. The van der Waals surface area contributed by atoms with Gasteiger partial charge in [0.25, 0.3) is 0 Å². The van der Waals surface area contributed by atoms with Crippen molar-refractivity contribution in [3.05, 3.63) is 42.2 Å². The number of aromatic nitrogens is 3. The summed E-state index contributed by atoms with van der Waals surface area (Å²) in [6.45, 7) is 0. The van der Waals surface area contributed by atoms with Gasteiger partial charge in [-0.1, -0.05) is 12.1 Å². The summed E-state index contributed by atoms with van der Waals surface area (Å²) in [6.07, 6.45) is 6.62. The number of benzene rings is 1. The summed E-state index contributed by atoms with van der Waals surface area (Å²) in [5.41, 5.74) is 8.43. The molecular weight excluding hydrogens is 200 g/mol. The highest BCUT2D eigenvalue weighted by molar-refractivity contribution is 5.33. The third-order valence-corrected chi connectivity index (χ3v) is 3.03. The van der Waals surface area contributed by atoms with Gasteiger partial charge in [0.15, 0.2) is 0 Å². The fourth-order valence-corrected chi connectivity index (χ4v) is 1.84. The van der Waals surface area contributed by atoms with E-state index in [1.165, 1.54) is 5.56 Å². The van der Waals surface area contributed by atoms with Gasteiger partial charge in [-0.25, -0.2) is 0 Å². The SMILES string of the molecule is NC1(Cc2ccc(-n3nccn3)cc2)CC1. The lowest BCUT2D eigenvalue weighted by atomic mass is 10.1. The largest absolute Gasteiger partial charge is 0.325 e. The van der Waals surface area contributed by atoms with E-state index in [0.717, 1.165) is 24.9 Å². The van der Waals surface area contributed by atoms with Crippen molar-refractivity contribution in [1.29, 1.82) is 0 Å². The van der Waals surface area contributed by atoms with E-state index in [9.17, 15) is 0 Å². The predicted octanol–water partition coefficient (Wildman–Crippen LogP) is 1.30. The first-order valence-corrected chi connectivity index (χ1v) is 5.50. The first-order valence-electron chi connectivity index (χ1n) is 5.50. The summed E-state index contributed by atoms with van der Waals surface area (Å²) in [5, 5.41) is 8.17. The third-order valence-electron chi connectivity index (χ3n) is 3.03. The van der Waals surface area contributed by atoms with Crippen LogP contribution in [0, 0.1) is 0 Å². The molecule has 16 heavy (non-hydrogen) atoms. The van der Waals surface area contributed by atoms with E-state index < -0.39 is 0 Å². The molecule has 0 amide bonds. The second kappa shape index (κ2) is 3.42. The van der Waals surface area contributed by atoms with Crippen molar-refractivity contribution in [3.63, 3.8) is 0 Å². The quantitative estimate of drug-likeness (QED) is 0.837. The molecule has 3 rings (SSSR count). The van der Waals surface area contributed by atoms with Crippen LogP contribution < -0.4 is 5.73 Å². The van der Waals surface area contributed by atoms with Crippen LogP contribution in [-0.4, -0.2) is 20.5 Å². The molecule has 4 nitrogen and oxygen atoms in total. The van der Waals surface area contributed by atoms with Gasteiger partial charge in [-0.05, 0) is 37.0 Å². The van der Waals surface area contributed by atoms with E-state index in [1.54, 1.807) is 17.2 Å². The Hall–Kier alpha value is -1.68. The van der Waals surface area contributed by atoms with Gasteiger partial charge in [0.05, 0.1) is 18.1 Å². The number of hydrogen-bond acceptors (Lipinski definition) is 3. The molecule has 0 atom stereocenters. The molecule has 1 saturated carbocycles. The maximum Gasteiger partial charge on any atom is 0.0856 e. The number of rotatable bonds is 3. The van der Waals surface area contributed by atoms with Crippen molar-refractivity contribution >= 4 is 0 Å². The van der Waals surface area contributed by atoms with E-state index in [4.69, 9.17) is 5.73 Å². The standard InChI is InChI=1S/C12H14N4/c13-12(5-6-12)9-10-1-3-11(4-2-10)16-14-7-8-15-16/h1-4,7-8H,5-6,9,13H2. The number of nitrogens with zero attached hydrogens (tertiary/aromatic N) is 3. The second-order valence-corrected chi connectivity index (χ2v) is 4.52. The van der Waals surface area contributed by atoms with Gasteiger partial charge in [-0.3, -0.25) is 0 Å². The maximum absolute atomic E-state index is 6.08. The zero-order valence-corrected chi connectivity index (χ0v) is 9.00. The Balaban J connectivity index is 1.80. The van der Waals surface area contributed by atoms with Crippen LogP contribution in [0.3, 0.4) is 0 Å². The zero-order chi connectivity index (χ0) is 11.0. The van der Waals surface area contributed by atoms with Gasteiger partial charge in [-0.15, -0.1) is 0 Å². The van der Waals surface area contributed by atoms with Crippen molar-refractivity contribution in [3.8, 4) is 5.69 Å². The van der Waals surface area contributed by atoms with Crippen molar-refractivity contribution in [1.82, 2.24) is 15.0 Å². The monoisotopic (exact) mass is 214 g/mol. The van der Waals surface area contributed by atoms with Crippen LogP contribution in [-0.2, 0) is 6.42 Å². The van der Waals surface area contributed by atoms with E-state index in [2.05, 4.69) is 22.3 Å². The topological polar surface area (TPSA) is 56.7 Å². The van der Waals surface area contributed by atoms with E-state index in [1.807, 2.05) is 12.1 Å². The zero-order valence-electron chi connectivity index (χ0n) is 9.00. The van der Waals surface area contributed by atoms with Gasteiger partial charge >= 0.3 is 0 Å². The molecule has 0 unspecified atom stereocenters. The molecule has 1 aromatic heterocycles. The fraction of sp³-hybridized carbons (Fsp3) is 0.333. The van der Waals surface area contributed by atoms with Crippen LogP contribution in [0.1, 0.15) is 18.4 Å². The molecule has 0 radical (unpaired) electrons. The molecule has 2 N–H and O–H groups in total. The van der Waals surface area contributed by atoms with Crippen LogP contribution in [0.15, 0.2) is 36.7 Å². The Morgan fingerprint density at radius 1 is 1.12 bits per heavy atom. The molecule has 1 fully saturated rings. The van der Waals surface area contributed by atoms with E-state index in [-0.39, 0.29) is 5.54 Å². The molecule has 0 aliphatic heterocycles. The molecule has 4 heteroatoms. The predicted molar refractivity (Wildman–Crippen MR) is 61.2 cm³/mol. The van der Waals surface area contributed by atoms with E-state index >= 15 is 0 Å². The minimum absolute atomic E-state index is 0.0749. The smallest absolute Gasteiger partial charge is 0.0856 e. The summed E-state index contributed by atoms with van der Waals surface area (Å²) in [7, 11) is 0. The molecule has 82 valence electrons. The average Bonchev–Trinajstić information content (AvgIpc) is 2.83. The summed E-state index contributed by atoms with van der Waals surface area (Å²) in [4.78, 5) is 1.61. The highest BCUT2D eigenvalue weighted by Gasteiger charge is 2.37. The molecule has 0 saturated heterocycles. The molecule has 1 aliphatic carbocycles. The summed E-state index contributed by atoms with van der Waals surface area (Å²) in [6, 6.07) is 8.26. The summed E-state index contributed by atoms with van der Waals surface area (Å²) >= 11 is 0. The van der Waals surface area contributed by atoms with Crippen molar-refractivity contribution in [2.24, 2.45) is 5.73 Å². The first kappa shape index (κ1) is 9.54. The normalized spacial score (nSPS) is 17.3. The van der Waals surface area contributed by atoms with Crippen molar-refractivity contribution < 1.29 is 0 Å². The minimum Gasteiger partial charge on any atom is -0.325 e. The first-order chi connectivity index (χ1) is 7.75. The third kappa shape index (κ3) is 1.84. The summed E-state index contributed by atoms with van der Waals surface area (Å²) < 4.78 is 0. The Bertz CT molecular complexity index is 468. The van der Waals surface area contributed by atoms with E-state index in [0.29, 0.717) is 0 Å². The lowest BCUT2D eigenvalue weighted by molar-refractivity contribution is 0.671. The van der Waals surface area contributed by atoms with Crippen LogP contribution >= 0.6 is 0 Å². The Morgan fingerprint density at radius 3 is 2.31 bits per heavy atom. The Kier molecular flexibility index (Phi) is 2.04. The highest BCUT2D eigenvalue weighted by Crippen LogP contribution is 2.35. The van der Waals surface area contributed by atoms with Crippen LogP contribution in [0.5, 0.6) is 0 Å². The van der Waals surface area contributed by atoms with Gasteiger partial charge in [0.1, 0.15) is 0 Å². The molecule has 1 heterocycles. The molecular formula is C12H14N4. The van der Waals surface area contributed by atoms with Crippen molar-refractivity contribution in [2.75, 3.05) is 0 Å². The Morgan fingerprint density at radius 2 is 1.75 bits per heavy atom. The molecule has 2 aromatic rings. The lowest BCUT2D eigenvalue weighted by Crippen LogP contribution is -2.24. The van der Waals surface area contributed by atoms with Gasteiger partial charge in [-0.2, -0.15) is 15.0 Å². The van der Waals surface area contributed by atoms with Gasteiger partial charge in [0, 0.05) is 5.54 Å². The Labute approximate surface area is 94.1 Å². The lowest BCUT2D eigenvalue weighted by Gasteiger charge is -2.08. The number of hydrogen-bond donors (Lipinski definition) is 1. The molecule has 1 aromatic carbocycles. The maximum atomic E-state index is 6.08. The molecule has 0 spiro atoms. The fourth-order valence-electron chi connectivity index (χ4n) is 1.84. The van der Waals surface area contributed by atoms with Gasteiger partial charge < -0.3 is 5.73 Å². The average molecular weight is 214 g/mol. The summed E-state index contributed by atoms with van der Waals surface area (Å²) in [5.74, 6) is 0. The number of nitrogens with two attached hydrogens (primary N) is 1. The van der Waals surface area contributed by atoms with Gasteiger partial charge in [0.2, 0.25) is 0 Å². The van der Waals surface area contributed by atoms with Crippen molar-refractivity contribution in [2.45, 2.75) is 24.8 Å². The van der Waals surface area contributed by atoms with Crippen LogP contribution in [0.4, 0.5) is 0 Å². The molecule has 1 aliphatic rings. The minimum atomic E-state index is 0.0749. The van der Waals surface area contributed by atoms with Crippen LogP contribution in [0.25, 0.3) is 5.69 Å².